The number of oxazole rings is 1. The fourth-order valence-electron chi connectivity index (χ4n) is 1.92. The summed E-state index contributed by atoms with van der Waals surface area (Å²) in [6.07, 6.45) is 1.10. The highest BCUT2D eigenvalue weighted by Gasteiger charge is 2.24. The number of carbonyl (C=O) groups is 1. The van der Waals surface area contributed by atoms with E-state index in [4.69, 9.17) is 4.42 Å². The number of aromatic nitrogens is 1. The van der Waals surface area contributed by atoms with Gasteiger partial charge in [-0.25, -0.2) is 4.98 Å². The van der Waals surface area contributed by atoms with Crippen molar-refractivity contribution in [3.05, 3.63) is 29.7 Å². The molecule has 4 heteroatoms. The van der Waals surface area contributed by atoms with Gasteiger partial charge >= 0.3 is 0 Å². The maximum Gasteiger partial charge on any atom is 0.256 e. The molecule has 2 heterocycles. The number of hydrogen-bond donors (Lipinski definition) is 0. The van der Waals surface area contributed by atoms with Gasteiger partial charge in [-0.3, -0.25) is 4.79 Å². The van der Waals surface area contributed by atoms with Crippen LogP contribution in [0.5, 0.6) is 0 Å². The lowest BCUT2D eigenvalue weighted by Crippen LogP contribution is -2.42. The van der Waals surface area contributed by atoms with Gasteiger partial charge < -0.3 is 9.32 Å². The zero-order valence-electron chi connectivity index (χ0n) is 9.06. The van der Waals surface area contributed by atoms with Crippen molar-refractivity contribution in [2.24, 2.45) is 0 Å². The van der Waals surface area contributed by atoms with E-state index < -0.39 is 0 Å². The number of likely N-dealkylation sites (tertiary alicyclic amines) is 1. The molecule has 16 heavy (non-hydrogen) atoms. The monoisotopic (exact) mass is 216 g/mol. The quantitative estimate of drug-likeness (QED) is 0.732. The summed E-state index contributed by atoms with van der Waals surface area (Å²) in [4.78, 5) is 18.2. The minimum Gasteiger partial charge on any atom is -0.441 e. The van der Waals surface area contributed by atoms with Gasteiger partial charge in [-0.2, -0.15) is 0 Å². The van der Waals surface area contributed by atoms with Crippen molar-refractivity contribution in [2.45, 2.75) is 13.3 Å². The molecule has 4 nitrogen and oxygen atoms in total. The summed E-state index contributed by atoms with van der Waals surface area (Å²) in [5.74, 6) is 0.656. The summed E-state index contributed by atoms with van der Waals surface area (Å²) in [6, 6.07) is 5.48. The van der Waals surface area contributed by atoms with E-state index in [-0.39, 0.29) is 5.91 Å². The lowest BCUT2D eigenvalue weighted by Gasteiger charge is -2.30. The minimum absolute atomic E-state index is 0.0603. The van der Waals surface area contributed by atoms with Gasteiger partial charge in [-0.05, 0) is 18.6 Å². The molecule has 1 amide bonds. The zero-order chi connectivity index (χ0) is 11.1. The molecule has 0 spiro atoms. The molecule has 0 unspecified atom stereocenters. The predicted molar refractivity (Wildman–Crippen MR) is 59.3 cm³/mol. The van der Waals surface area contributed by atoms with Crippen molar-refractivity contribution >= 4 is 17.0 Å². The molecule has 0 bridgehead atoms. The number of carbonyl (C=O) groups excluding carboxylic acids is 1. The highest BCUT2D eigenvalue weighted by Crippen LogP contribution is 2.22. The first-order chi connectivity index (χ1) is 7.75. The Morgan fingerprint density at radius 2 is 2.25 bits per heavy atom. The van der Waals surface area contributed by atoms with Gasteiger partial charge in [0, 0.05) is 20.0 Å². The smallest absolute Gasteiger partial charge is 0.256 e. The van der Waals surface area contributed by atoms with Gasteiger partial charge in [0.25, 0.3) is 5.91 Å². The lowest BCUT2D eigenvalue weighted by atomic mass is 10.1. The van der Waals surface area contributed by atoms with E-state index in [0.29, 0.717) is 22.6 Å². The molecule has 82 valence electrons. The first-order valence-electron chi connectivity index (χ1n) is 5.41. The van der Waals surface area contributed by atoms with E-state index >= 15 is 0 Å². The topological polar surface area (TPSA) is 46.3 Å². The SMILES string of the molecule is Cc1nc2c(C(=O)N3CCC3)cccc2o1. The predicted octanol–water partition coefficient (Wildman–Crippen LogP) is 1.98. The third-order valence-corrected chi connectivity index (χ3v) is 2.90. The molecule has 0 saturated carbocycles. The standard InChI is InChI=1S/C12H12N2O2/c1-8-13-11-9(4-2-5-10(11)16-8)12(15)14-6-3-7-14/h2,4-5H,3,6-7H2,1H3. The maximum absolute atomic E-state index is 12.1. The fourth-order valence-corrected chi connectivity index (χ4v) is 1.92. The summed E-state index contributed by atoms with van der Waals surface area (Å²) < 4.78 is 5.41. The summed E-state index contributed by atoms with van der Waals surface area (Å²) >= 11 is 0. The molecule has 1 aromatic heterocycles. The second-order valence-electron chi connectivity index (χ2n) is 4.03. The maximum atomic E-state index is 12.1. The van der Waals surface area contributed by atoms with E-state index in [9.17, 15) is 4.79 Å². The molecule has 1 aromatic carbocycles. The van der Waals surface area contributed by atoms with Crippen LogP contribution < -0.4 is 0 Å². The molecule has 1 fully saturated rings. The second kappa shape index (κ2) is 3.33. The summed E-state index contributed by atoms with van der Waals surface area (Å²) in [5, 5.41) is 0. The summed E-state index contributed by atoms with van der Waals surface area (Å²) in [5.41, 5.74) is 2.01. The van der Waals surface area contributed by atoms with Crippen LogP contribution >= 0.6 is 0 Å². The molecule has 1 aliphatic rings. The molecule has 0 atom stereocenters. The Bertz CT molecular complexity index is 555. The van der Waals surface area contributed by atoms with Gasteiger partial charge in [0.15, 0.2) is 11.5 Å². The first-order valence-corrected chi connectivity index (χ1v) is 5.41. The van der Waals surface area contributed by atoms with Gasteiger partial charge in [-0.15, -0.1) is 0 Å². The van der Waals surface area contributed by atoms with Crippen LogP contribution in [0.4, 0.5) is 0 Å². The first kappa shape index (κ1) is 9.39. The molecule has 0 N–H and O–H groups in total. The molecule has 2 aromatic rings. The van der Waals surface area contributed by atoms with Crippen molar-refractivity contribution in [1.29, 1.82) is 0 Å². The molecule has 3 rings (SSSR count). The number of amides is 1. The van der Waals surface area contributed by atoms with Crippen LogP contribution in [-0.4, -0.2) is 28.9 Å². The normalized spacial score (nSPS) is 15.2. The van der Waals surface area contributed by atoms with Crippen molar-refractivity contribution in [3.8, 4) is 0 Å². The Morgan fingerprint density at radius 1 is 1.44 bits per heavy atom. The van der Waals surface area contributed by atoms with Crippen LogP contribution in [0.3, 0.4) is 0 Å². The largest absolute Gasteiger partial charge is 0.441 e. The highest BCUT2D eigenvalue weighted by atomic mass is 16.3. The number of nitrogens with zero attached hydrogens (tertiary/aromatic N) is 2. The Kier molecular flexibility index (Phi) is 1.96. The molecule has 1 aliphatic heterocycles. The van der Waals surface area contributed by atoms with Crippen LogP contribution in [0.2, 0.25) is 0 Å². The van der Waals surface area contributed by atoms with Crippen LogP contribution in [0.25, 0.3) is 11.1 Å². The van der Waals surface area contributed by atoms with Gasteiger partial charge in [-0.1, -0.05) is 6.07 Å². The average Bonchev–Trinajstić information content (AvgIpc) is 2.54. The number of benzene rings is 1. The van der Waals surface area contributed by atoms with Crippen LogP contribution in [0.15, 0.2) is 22.6 Å². The van der Waals surface area contributed by atoms with Crippen molar-refractivity contribution < 1.29 is 9.21 Å². The van der Waals surface area contributed by atoms with E-state index in [1.54, 1.807) is 6.92 Å². The number of para-hydroxylation sites is 1. The number of fused-ring (bicyclic) bond motifs is 1. The van der Waals surface area contributed by atoms with Crippen LogP contribution in [-0.2, 0) is 0 Å². The zero-order valence-corrected chi connectivity index (χ0v) is 9.06. The van der Waals surface area contributed by atoms with Gasteiger partial charge in [0.05, 0.1) is 5.56 Å². The van der Waals surface area contributed by atoms with Crippen molar-refractivity contribution in [2.75, 3.05) is 13.1 Å². The average molecular weight is 216 g/mol. The number of aryl methyl sites for hydroxylation is 1. The molecule has 0 aliphatic carbocycles. The Hall–Kier alpha value is -1.84. The molecule has 1 saturated heterocycles. The van der Waals surface area contributed by atoms with Gasteiger partial charge in [0.1, 0.15) is 5.52 Å². The molecule has 0 radical (unpaired) electrons. The Morgan fingerprint density at radius 3 is 2.94 bits per heavy atom. The summed E-state index contributed by atoms with van der Waals surface area (Å²) in [6.45, 7) is 3.50. The van der Waals surface area contributed by atoms with Crippen molar-refractivity contribution in [1.82, 2.24) is 9.88 Å². The second-order valence-corrected chi connectivity index (χ2v) is 4.03. The highest BCUT2D eigenvalue weighted by molar-refractivity contribution is 6.04. The summed E-state index contributed by atoms with van der Waals surface area (Å²) in [7, 11) is 0. The lowest BCUT2D eigenvalue weighted by molar-refractivity contribution is 0.0653. The van der Waals surface area contributed by atoms with Crippen molar-refractivity contribution in [3.63, 3.8) is 0 Å². The fraction of sp³-hybridized carbons (Fsp3) is 0.333. The van der Waals surface area contributed by atoms with E-state index in [1.165, 1.54) is 0 Å². The van der Waals surface area contributed by atoms with E-state index in [1.807, 2.05) is 23.1 Å². The Labute approximate surface area is 92.9 Å². The third-order valence-electron chi connectivity index (χ3n) is 2.90. The molecular formula is C12H12N2O2. The van der Waals surface area contributed by atoms with Crippen LogP contribution in [0, 0.1) is 6.92 Å². The van der Waals surface area contributed by atoms with E-state index in [2.05, 4.69) is 4.98 Å². The minimum atomic E-state index is 0.0603. The van der Waals surface area contributed by atoms with Crippen LogP contribution in [0.1, 0.15) is 22.7 Å². The van der Waals surface area contributed by atoms with E-state index in [0.717, 1.165) is 19.5 Å². The molecular weight excluding hydrogens is 204 g/mol. The number of rotatable bonds is 1. The van der Waals surface area contributed by atoms with Gasteiger partial charge in [0.2, 0.25) is 0 Å². The Balaban J connectivity index is 2.11. The number of hydrogen-bond acceptors (Lipinski definition) is 3. The third kappa shape index (κ3) is 1.30.